The van der Waals surface area contributed by atoms with Crippen molar-refractivity contribution in [1.82, 2.24) is 20.0 Å². The molecule has 2 amide bonds. The summed E-state index contributed by atoms with van der Waals surface area (Å²) < 4.78 is 5.17. The SMILES string of the molecule is Cc1ccnc(-c2noc(CN3C(=O)c4ccccc4C3=O)n2)c1. The summed E-state index contributed by atoms with van der Waals surface area (Å²) in [4.78, 5) is 34.2. The molecule has 1 aliphatic rings. The quantitative estimate of drug-likeness (QED) is 0.688. The maximum Gasteiger partial charge on any atom is 0.262 e. The number of nitrogens with zero attached hydrogens (tertiary/aromatic N) is 4. The summed E-state index contributed by atoms with van der Waals surface area (Å²) in [6.45, 7) is 1.87. The number of benzene rings is 1. The summed E-state index contributed by atoms with van der Waals surface area (Å²) in [5.41, 5.74) is 2.38. The summed E-state index contributed by atoms with van der Waals surface area (Å²) in [6, 6.07) is 10.4. The number of fused-ring (bicyclic) bond motifs is 1. The fraction of sp³-hybridized carbons (Fsp3) is 0.118. The van der Waals surface area contributed by atoms with Crippen molar-refractivity contribution in [2.75, 3.05) is 0 Å². The molecule has 7 heteroatoms. The Morgan fingerprint density at radius 3 is 2.46 bits per heavy atom. The molecule has 0 unspecified atom stereocenters. The number of imide groups is 1. The van der Waals surface area contributed by atoms with E-state index >= 15 is 0 Å². The van der Waals surface area contributed by atoms with Crippen LogP contribution in [0, 0.1) is 6.92 Å². The van der Waals surface area contributed by atoms with Gasteiger partial charge in [0.05, 0.1) is 11.1 Å². The van der Waals surface area contributed by atoms with Gasteiger partial charge >= 0.3 is 0 Å². The van der Waals surface area contributed by atoms with Gasteiger partial charge in [0.1, 0.15) is 12.2 Å². The predicted molar refractivity (Wildman–Crippen MR) is 82.9 cm³/mol. The average Bonchev–Trinajstić information content (AvgIpc) is 3.15. The van der Waals surface area contributed by atoms with Crippen molar-refractivity contribution in [3.05, 3.63) is 65.2 Å². The van der Waals surface area contributed by atoms with Crippen LogP contribution in [-0.4, -0.2) is 31.8 Å². The van der Waals surface area contributed by atoms with Gasteiger partial charge in [-0.25, -0.2) is 0 Å². The molecule has 0 aliphatic carbocycles. The summed E-state index contributed by atoms with van der Waals surface area (Å²) in [6.07, 6.45) is 1.66. The molecule has 0 atom stereocenters. The predicted octanol–water partition coefficient (Wildman–Crippen LogP) is 2.24. The smallest absolute Gasteiger partial charge is 0.262 e. The van der Waals surface area contributed by atoms with Gasteiger partial charge in [-0.05, 0) is 36.8 Å². The Balaban J connectivity index is 1.59. The van der Waals surface area contributed by atoms with Crippen molar-refractivity contribution < 1.29 is 14.1 Å². The Kier molecular flexibility index (Phi) is 3.19. The van der Waals surface area contributed by atoms with Crippen LogP contribution in [-0.2, 0) is 6.54 Å². The molecule has 2 aromatic heterocycles. The van der Waals surface area contributed by atoms with Crippen LogP contribution in [0.25, 0.3) is 11.5 Å². The lowest BCUT2D eigenvalue weighted by atomic mass is 10.1. The third kappa shape index (κ3) is 2.26. The van der Waals surface area contributed by atoms with Crippen molar-refractivity contribution >= 4 is 11.8 Å². The standard InChI is InChI=1S/C17H12N4O3/c1-10-6-7-18-13(8-10)15-19-14(24-20-15)9-21-16(22)11-4-2-3-5-12(11)17(21)23/h2-8H,9H2,1H3. The van der Waals surface area contributed by atoms with E-state index in [0.717, 1.165) is 10.5 Å². The molecule has 7 nitrogen and oxygen atoms in total. The Morgan fingerprint density at radius 1 is 1.08 bits per heavy atom. The Hall–Kier alpha value is -3.35. The fourth-order valence-electron chi connectivity index (χ4n) is 2.60. The molecule has 1 aromatic carbocycles. The molecule has 0 radical (unpaired) electrons. The highest BCUT2D eigenvalue weighted by Crippen LogP contribution is 2.24. The number of carbonyl (C=O) groups excluding carboxylic acids is 2. The van der Waals surface area contributed by atoms with Gasteiger partial charge in [-0.2, -0.15) is 4.98 Å². The van der Waals surface area contributed by atoms with E-state index in [2.05, 4.69) is 15.1 Å². The number of amides is 2. The first-order valence-electron chi connectivity index (χ1n) is 7.34. The van der Waals surface area contributed by atoms with Crippen LogP contribution in [0.3, 0.4) is 0 Å². The van der Waals surface area contributed by atoms with E-state index < -0.39 is 0 Å². The number of aryl methyl sites for hydroxylation is 1. The molecule has 0 bridgehead atoms. The van der Waals surface area contributed by atoms with E-state index in [4.69, 9.17) is 4.52 Å². The summed E-state index contributed by atoms with van der Waals surface area (Å²) in [5.74, 6) is -0.207. The van der Waals surface area contributed by atoms with Crippen LogP contribution in [0.1, 0.15) is 32.2 Å². The van der Waals surface area contributed by atoms with Crippen molar-refractivity contribution in [2.24, 2.45) is 0 Å². The number of carbonyl (C=O) groups is 2. The van der Waals surface area contributed by atoms with E-state index in [1.807, 2.05) is 19.1 Å². The zero-order valence-corrected chi connectivity index (χ0v) is 12.8. The molecule has 0 spiro atoms. The van der Waals surface area contributed by atoms with Crippen molar-refractivity contribution in [3.8, 4) is 11.5 Å². The van der Waals surface area contributed by atoms with Gasteiger partial charge in [-0.3, -0.25) is 19.5 Å². The lowest BCUT2D eigenvalue weighted by Crippen LogP contribution is -2.29. The third-order valence-corrected chi connectivity index (χ3v) is 3.78. The molecule has 3 aromatic rings. The van der Waals surface area contributed by atoms with Crippen molar-refractivity contribution in [1.29, 1.82) is 0 Å². The van der Waals surface area contributed by atoms with Gasteiger partial charge in [-0.15, -0.1) is 0 Å². The van der Waals surface area contributed by atoms with Gasteiger partial charge < -0.3 is 4.52 Å². The molecule has 0 saturated heterocycles. The van der Waals surface area contributed by atoms with E-state index in [1.54, 1.807) is 30.5 Å². The first kappa shape index (κ1) is 14.3. The number of aromatic nitrogens is 3. The van der Waals surface area contributed by atoms with Crippen LogP contribution in [0.15, 0.2) is 47.1 Å². The normalized spacial score (nSPS) is 13.5. The van der Waals surface area contributed by atoms with Gasteiger partial charge in [-0.1, -0.05) is 17.3 Å². The van der Waals surface area contributed by atoms with Gasteiger partial charge in [0.15, 0.2) is 0 Å². The molecule has 0 N–H and O–H groups in total. The first-order chi connectivity index (χ1) is 11.6. The van der Waals surface area contributed by atoms with Crippen LogP contribution in [0.4, 0.5) is 0 Å². The molecular weight excluding hydrogens is 308 g/mol. The Labute approximate surface area is 136 Å². The molecule has 118 valence electrons. The molecular formula is C17H12N4O3. The fourth-order valence-corrected chi connectivity index (χ4v) is 2.60. The lowest BCUT2D eigenvalue weighted by molar-refractivity contribution is 0.0625. The zero-order chi connectivity index (χ0) is 16.7. The first-order valence-corrected chi connectivity index (χ1v) is 7.34. The highest BCUT2D eigenvalue weighted by Gasteiger charge is 2.36. The summed E-state index contributed by atoms with van der Waals surface area (Å²) in [7, 11) is 0. The minimum absolute atomic E-state index is 0.0643. The van der Waals surface area contributed by atoms with E-state index in [-0.39, 0.29) is 24.2 Å². The Morgan fingerprint density at radius 2 is 1.79 bits per heavy atom. The minimum Gasteiger partial charge on any atom is -0.337 e. The van der Waals surface area contributed by atoms with E-state index in [1.165, 1.54) is 0 Å². The monoisotopic (exact) mass is 320 g/mol. The summed E-state index contributed by atoms with van der Waals surface area (Å²) in [5, 5.41) is 3.87. The summed E-state index contributed by atoms with van der Waals surface area (Å²) >= 11 is 0. The van der Waals surface area contributed by atoms with E-state index in [0.29, 0.717) is 22.6 Å². The van der Waals surface area contributed by atoms with Crippen molar-refractivity contribution in [3.63, 3.8) is 0 Å². The van der Waals surface area contributed by atoms with Crippen molar-refractivity contribution in [2.45, 2.75) is 13.5 Å². The molecule has 4 rings (SSSR count). The number of rotatable bonds is 3. The Bertz CT molecular complexity index is 929. The maximum atomic E-state index is 12.3. The molecule has 0 saturated carbocycles. The highest BCUT2D eigenvalue weighted by molar-refractivity contribution is 6.21. The van der Waals surface area contributed by atoms with Gasteiger partial charge in [0.25, 0.3) is 11.8 Å². The second kappa shape index (κ2) is 5.38. The second-order valence-corrected chi connectivity index (χ2v) is 5.47. The maximum absolute atomic E-state index is 12.3. The van der Waals surface area contributed by atoms with Crippen LogP contribution < -0.4 is 0 Å². The van der Waals surface area contributed by atoms with Gasteiger partial charge in [0.2, 0.25) is 11.7 Å². The number of hydrogen-bond acceptors (Lipinski definition) is 6. The van der Waals surface area contributed by atoms with Gasteiger partial charge in [0, 0.05) is 6.20 Å². The zero-order valence-electron chi connectivity index (χ0n) is 12.8. The number of hydrogen-bond donors (Lipinski definition) is 0. The highest BCUT2D eigenvalue weighted by atomic mass is 16.5. The second-order valence-electron chi connectivity index (χ2n) is 5.47. The van der Waals surface area contributed by atoms with Crippen LogP contribution in [0.2, 0.25) is 0 Å². The molecule has 24 heavy (non-hydrogen) atoms. The number of pyridine rings is 1. The topological polar surface area (TPSA) is 89.2 Å². The van der Waals surface area contributed by atoms with Crippen LogP contribution in [0.5, 0.6) is 0 Å². The minimum atomic E-state index is -0.357. The average molecular weight is 320 g/mol. The largest absolute Gasteiger partial charge is 0.337 e. The third-order valence-electron chi connectivity index (χ3n) is 3.78. The lowest BCUT2D eigenvalue weighted by Gasteiger charge is -2.09. The molecule has 1 aliphatic heterocycles. The molecule has 0 fully saturated rings. The van der Waals surface area contributed by atoms with E-state index in [9.17, 15) is 9.59 Å². The molecule has 3 heterocycles. The van der Waals surface area contributed by atoms with Crippen LogP contribution >= 0.6 is 0 Å².